The Bertz CT molecular complexity index is 4120. The van der Waals surface area contributed by atoms with Crippen molar-refractivity contribution in [3.8, 4) is 95.0 Å². The first-order chi connectivity index (χ1) is 47.0. The van der Waals surface area contributed by atoms with Gasteiger partial charge in [0.15, 0.2) is 20.5 Å². The lowest BCUT2D eigenvalue weighted by Crippen LogP contribution is -2.28. The van der Waals surface area contributed by atoms with E-state index in [1.807, 2.05) is 59.3 Å². The number of halogens is 7. The number of unbranched alkanes of at least 4 members (excludes halogenated alkanes) is 12. The van der Waals surface area contributed by atoms with Gasteiger partial charge in [0.1, 0.15) is 34.5 Å². The average molecular weight is 1460 g/mol. The summed E-state index contributed by atoms with van der Waals surface area (Å²) in [5.74, 6) is 26.9. The SMILES string of the molecule is Brc1nccs1.C#CC(C)(C)O.C#Cc1ccc(C#Cc2ccc(OCCCCCCC)cc2)cc1F.CCCCCCCOc1ccc(C#Cc2ccc(C#Cc3nccs3)c(F)c2)cc1.CCCCCCCOc1ccc(C#Cc2ccc(OS(=O)(=O)C(F)(F)F)c(F)c2)cc1. The van der Waals surface area contributed by atoms with E-state index < -0.39 is 38.6 Å². The minimum atomic E-state index is -5.95. The molecule has 0 saturated heterocycles. The molecule has 98 heavy (non-hydrogen) atoms. The second kappa shape index (κ2) is 45.6. The van der Waals surface area contributed by atoms with Crippen molar-refractivity contribution in [2.75, 3.05) is 19.8 Å². The zero-order chi connectivity index (χ0) is 71.4. The summed E-state index contributed by atoms with van der Waals surface area (Å²) < 4.78 is 123. The van der Waals surface area contributed by atoms with E-state index >= 15 is 0 Å². The number of hydrogen-bond donors (Lipinski definition) is 1. The fourth-order valence-electron chi connectivity index (χ4n) is 7.85. The summed E-state index contributed by atoms with van der Waals surface area (Å²) in [6, 6.07) is 34.5. The Labute approximate surface area is 591 Å². The summed E-state index contributed by atoms with van der Waals surface area (Å²) in [7, 11) is -5.95. The van der Waals surface area contributed by atoms with Gasteiger partial charge in [0.2, 0.25) is 0 Å². The van der Waals surface area contributed by atoms with Gasteiger partial charge in [-0.15, -0.1) is 35.5 Å². The molecule has 0 aliphatic heterocycles. The molecule has 19 heteroatoms. The Balaban J connectivity index is 0.000000288. The largest absolute Gasteiger partial charge is 0.534 e. The van der Waals surface area contributed by atoms with Gasteiger partial charge in [0.05, 0.1) is 30.9 Å². The lowest BCUT2D eigenvalue weighted by atomic mass is 10.1. The van der Waals surface area contributed by atoms with E-state index in [1.165, 1.54) is 94.1 Å². The third-order valence-corrected chi connectivity index (χ3v) is 16.1. The summed E-state index contributed by atoms with van der Waals surface area (Å²) in [5, 5.41) is 13.0. The van der Waals surface area contributed by atoms with Crippen molar-refractivity contribution in [2.24, 2.45) is 0 Å². The molecule has 0 spiro atoms. The number of thiazole rings is 2. The standard InChI is InChI=1S/C26H24FNOS.C23H23FO.C22H22F4O4S.C5H8O.C3H2BrNS/c1-2-3-4-5-6-18-29-24-14-10-21(11-15-24)7-8-22-9-12-23(25(27)20-22)13-16-26-28-17-19-30-26;1-3-5-6-7-8-17-25-22-15-12-19(13-16-22)9-10-20-11-14-21(4-2)23(24)18-20;1-2-3-4-5-6-15-29-19-12-9-17(10-13-19)7-8-18-11-14-21(20(23)16-18)30-31(27,28)22(24,25)26;1-4-5(2,3)6;4-3-5-1-2-6-3/h9-12,14-15,17,19-20H,2-6,18H2,1H3;2,11-16,18H,3,5-8,17H2,1H3;9-14,16H,2-6,15H2,1H3;1,6H,2-3H3;1-2H. The van der Waals surface area contributed by atoms with Crippen LogP contribution in [0, 0.1) is 89.5 Å². The number of alkyl halides is 3. The Morgan fingerprint density at radius 1 is 0.480 bits per heavy atom. The monoisotopic (exact) mass is 1460 g/mol. The van der Waals surface area contributed by atoms with Gasteiger partial charge >= 0.3 is 15.6 Å². The first-order valence-electron chi connectivity index (χ1n) is 31.8. The van der Waals surface area contributed by atoms with Crippen molar-refractivity contribution in [3.05, 3.63) is 221 Å². The molecule has 8 aromatic rings. The maximum Gasteiger partial charge on any atom is 0.534 e. The topological polar surface area (TPSA) is 117 Å². The molecule has 0 bridgehead atoms. The summed E-state index contributed by atoms with van der Waals surface area (Å²) >= 11 is 6.20. The van der Waals surface area contributed by atoms with Gasteiger partial charge in [-0.3, -0.25) is 0 Å². The van der Waals surface area contributed by atoms with Crippen molar-refractivity contribution in [1.29, 1.82) is 0 Å². The lowest BCUT2D eigenvalue weighted by molar-refractivity contribution is -0.0501. The lowest BCUT2D eigenvalue weighted by Gasteiger charge is -2.09. The Morgan fingerprint density at radius 2 is 0.837 bits per heavy atom. The number of ether oxygens (including phenoxy) is 3. The minimum absolute atomic E-state index is 0.140. The third-order valence-electron chi connectivity index (χ3n) is 13.2. The van der Waals surface area contributed by atoms with Crippen molar-refractivity contribution in [1.82, 2.24) is 9.97 Å². The van der Waals surface area contributed by atoms with Gasteiger partial charge in [0, 0.05) is 56.5 Å². The summed E-state index contributed by atoms with van der Waals surface area (Å²) in [6.45, 7) is 11.8. The van der Waals surface area contributed by atoms with Gasteiger partial charge in [-0.2, -0.15) is 21.6 Å². The van der Waals surface area contributed by atoms with Crippen LogP contribution in [0.4, 0.5) is 26.3 Å². The Morgan fingerprint density at radius 3 is 1.15 bits per heavy atom. The number of nitrogens with zero attached hydrogens (tertiary/aromatic N) is 2. The minimum Gasteiger partial charge on any atom is -0.494 e. The number of terminal acetylenes is 2. The predicted octanol–water partition coefficient (Wildman–Crippen LogP) is 20.1. The molecule has 0 radical (unpaired) electrons. The molecule has 0 saturated carbocycles. The number of aromatic nitrogens is 2. The van der Waals surface area contributed by atoms with Crippen LogP contribution in [0.5, 0.6) is 23.0 Å². The van der Waals surface area contributed by atoms with Crippen LogP contribution in [0.2, 0.25) is 0 Å². The molecule has 8 rings (SSSR count). The van der Waals surface area contributed by atoms with E-state index in [0.29, 0.717) is 39.6 Å². The van der Waals surface area contributed by atoms with E-state index in [1.54, 1.807) is 86.1 Å². The van der Waals surface area contributed by atoms with Crippen LogP contribution < -0.4 is 18.4 Å². The first-order valence-corrected chi connectivity index (χ1v) is 35.8. The molecule has 0 atom stereocenters. The molecule has 2 heterocycles. The molecule has 0 amide bonds. The molecule has 0 unspecified atom stereocenters. The van der Waals surface area contributed by atoms with E-state index in [2.05, 4.69) is 110 Å². The average Bonchev–Trinajstić information content (AvgIpc) is 1.08. The van der Waals surface area contributed by atoms with Crippen LogP contribution in [-0.4, -0.2) is 54.4 Å². The fraction of sp³-hybridized carbons (Fsp3) is 0.316. The molecule has 0 aliphatic rings. The number of benzene rings is 6. The van der Waals surface area contributed by atoms with Crippen LogP contribution in [0.25, 0.3) is 0 Å². The summed E-state index contributed by atoms with van der Waals surface area (Å²) in [6.07, 6.45) is 31.4. The normalized spacial score (nSPS) is 10.4. The Hall–Kier alpha value is -8.89. The number of aliphatic hydroxyl groups is 1. The van der Waals surface area contributed by atoms with Crippen LogP contribution in [0.3, 0.4) is 0 Å². The van der Waals surface area contributed by atoms with E-state index in [-0.39, 0.29) is 16.9 Å². The maximum atomic E-state index is 14.3. The predicted molar refractivity (Wildman–Crippen MR) is 386 cm³/mol. The van der Waals surface area contributed by atoms with Gasteiger partial charge in [-0.25, -0.2) is 23.1 Å². The molecule has 6 aromatic carbocycles. The molecule has 0 aliphatic carbocycles. The Kier molecular flexibility index (Phi) is 37.9. The van der Waals surface area contributed by atoms with Crippen molar-refractivity contribution < 1.29 is 58.3 Å². The van der Waals surface area contributed by atoms with Gasteiger partial charge < -0.3 is 23.5 Å². The fourth-order valence-corrected chi connectivity index (χ4v) is 9.60. The third kappa shape index (κ3) is 34.4. The quantitative estimate of drug-likeness (QED) is 0.0220. The molecular formula is C79H79BrF6N2O7S3. The van der Waals surface area contributed by atoms with Crippen LogP contribution in [0.15, 0.2) is 154 Å². The molecule has 514 valence electrons. The molecular weight excluding hydrogens is 1380 g/mol. The maximum absolute atomic E-state index is 14.3. The van der Waals surface area contributed by atoms with Gasteiger partial charge in [0.25, 0.3) is 0 Å². The second-order valence-electron chi connectivity index (χ2n) is 21.8. The highest BCUT2D eigenvalue weighted by molar-refractivity contribution is 9.11. The van der Waals surface area contributed by atoms with Gasteiger partial charge in [-0.05, 0) is 182 Å². The van der Waals surface area contributed by atoms with E-state index in [9.17, 15) is 34.8 Å². The number of rotatable bonds is 23. The highest BCUT2D eigenvalue weighted by Gasteiger charge is 2.49. The van der Waals surface area contributed by atoms with Gasteiger partial charge in [-0.1, -0.05) is 151 Å². The van der Waals surface area contributed by atoms with Crippen LogP contribution >= 0.6 is 38.6 Å². The zero-order valence-corrected chi connectivity index (χ0v) is 59.5. The van der Waals surface area contributed by atoms with Crippen molar-refractivity contribution >= 4 is 48.7 Å². The highest BCUT2D eigenvalue weighted by atomic mass is 79.9. The molecule has 9 nitrogen and oxygen atoms in total. The number of hydrogen-bond acceptors (Lipinski definition) is 11. The smallest absolute Gasteiger partial charge is 0.494 e. The second-order valence-corrected chi connectivity index (χ2v) is 26.5. The van der Waals surface area contributed by atoms with E-state index in [4.69, 9.17) is 32.2 Å². The highest BCUT2D eigenvalue weighted by Crippen LogP contribution is 2.29. The first kappa shape index (κ1) is 81.5. The zero-order valence-electron chi connectivity index (χ0n) is 55.5. The van der Waals surface area contributed by atoms with Crippen molar-refractivity contribution in [3.63, 3.8) is 0 Å². The summed E-state index contributed by atoms with van der Waals surface area (Å²) in [4.78, 5) is 7.92. The molecule has 1 N–H and O–H groups in total. The van der Waals surface area contributed by atoms with Crippen LogP contribution in [-0.2, 0) is 10.1 Å². The molecule has 2 aromatic heterocycles. The van der Waals surface area contributed by atoms with Crippen molar-refractivity contribution in [2.45, 2.75) is 142 Å². The van der Waals surface area contributed by atoms with Crippen LogP contribution in [0.1, 0.15) is 180 Å². The summed E-state index contributed by atoms with van der Waals surface area (Å²) in [5.41, 5.74) is -2.30. The van der Waals surface area contributed by atoms with E-state index in [0.717, 1.165) is 83.6 Å². The molecule has 0 fully saturated rings.